The predicted octanol–water partition coefficient (Wildman–Crippen LogP) is 1.55. The SMILES string of the molecule is CN(C)C1CCCN(S(=O)(=O)c2cc(CO)ccc2Cl)C1. The number of piperidine rings is 1. The fourth-order valence-electron chi connectivity index (χ4n) is 2.54. The largest absolute Gasteiger partial charge is 0.392 e. The maximum atomic E-state index is 12.8. The molecule has 1 aliphatic rings. The molecular weight excluding hydrogens is 312 g/mol. The summed E-state index contributed by atoms with van der Waals surface area (Å²) in [6, 6.07) is 4.82. The van der Waals surface area contributed by atoms with Crippen molar-refractivity contribution >= 4 is 21.6 Å². The average molecular weight is 333 g/mol. The van der Waals surface area contributed by atoms with Gasteiger partial charge in [0.2, 0.25) is 10.0 Å². The first-order valence-corrected chi connectivity index (χ1v) is 8.74. The van der Waals surface area contributed by atoms with Gasteiger partial charge in [0.25, 0.3) is 0 Å². The van der Waals surface area contributed by atoms with E-state index >= 15 is 0 Å². The van der Waals surface area contributed by atoms with Gasteiger partial charge in [-0.3, -0.25) is 0 Å². The van der Waals surface area contributed by atoms with Gasteiger partial charge in [-0.2, -0.15) is 4.31 Å². The molecule has 1 fully saturated rings. The zero-order chi connectivity index (χ0) is 15.6. The van der Waals surface area contributed by atoms with Crippen LogP contribution in [0.3, 0.4) is 0 Å². The summed E-state index contributed by atoms with van der Waals surface area (Å²) >= 11 is 6.06. The molecule has 0 saturated carbocycles. The minimum atomic E-state index is -3.63. The van der Waals surface area contributed by atoms with Crippen LogP contribution in [0.1, 0.15) is 18.4 Å². The van der Waals surface area contributed by atoms with E-state index in [0.717, 1.165) is 12.8 Å². The van der Waals surface area contributed by atoms with Crippen LogP contribution in [0.5, 0.6) is 0 Å². The van der Waals surface area contributed by atoms with E-state index in [1.807, 2.05) is 19.0 Å². The van der Waals surface area contributed by atoms with Crippen molar-refractivity contribution in [2.75, 3.05) is 27.2 Å². The Kier molecular flexibility index (Phi) is 5.27. The molecule has 0 radical (unpaired) electrons. The number of nitrogens with zero attached hydrogens (tertiary/aromatic N) is 2. The molecule has 0 aliphatic carbocycles. The molecule has 0 aromatic heterocycles. The van der Waals surface area contributed by atoms with E-state index in [1.165, 1.54) is 16.4 Å². The Morgan fingerprint density at radius 2 is 2.14 bits per heavy atom. The second kappa shape index (κ2) is 6.62. The molecule has 1 heterocycles. The second-order valence-corrected chi connectivity index (χ2v) is 7.86. The highest BCUT2D eigenvalue weighted by atomic mass is 35.5. The number of benzene rings is 1. The Bertz CT molecular complexity index is 604. The molecule has 0 amide bonds. The molecule has 1 aromatic carbocycles. The van der Waals surface area contributed by atoms with Gasteiger partial charge >= 0.3 is 0 Å². The highest BCUT2D eigenvalue weighted by Crippen LogP contribution is 2.28. The first kappa shape index (κ1) is 16.7. The maximum Gasteiger partial charge on any atom is 0.244 e. The molecule has 0 bridgehead atoms. The summed E-state index contributed by atoms with van der Waals surface area (Å²) in [6.07, 6.45) is 1.82. The smallest absolute Gasteiger partial charge is 0.244 e. The van der Waals surface area contributed by atoms with Crippen LogP contribution in [0, 0.1) is 0 Å². The lowest BCUT2D eigenvalue weighted by Crippen LogP contribution is -2.47. The summed E-state index contributed by atoms with van der Waals surface area (Å²) in [4.78, 5) is 2.13. The Balaban J connectivity index is 2.33. The number of rotatable bonds is 4. The third-order valence-electron chi connectivity index (χ3n) is 3.89. The zero-order valence-electron chi connectivity index (χ0n) is 12.3. The Morgan fingerprint density at radius 3 is 2.76 bits per heavy atom. The van der Waals surface area contributed by atoms with Crippen LogP contribution in [0.25, 0.3) is 0 Å². The molecule has 118 valence electrons. The fraction of sp³-hybridized carbons (Fsp3) is 0.571. The number of hydrogen-bond acceptors (Lipinski definition) is 4. The van der Waals surface area contributed by atoms with E-state index in [-0.39, 0.29) is 22.6 Å². The first-order chi connectivity index (χ1) is 9.86. The van der Waals surface area contributed by atoms with Crippen LogP contribution in [0.2, 0.25) is 5.02 Å². The van der Waals surface area contributed by atoms with E-state index in [0.29, 0.717) is 18.7 Å². The number of likely N-dealkylation sites (N-methyl/N-ethyl adjacent to an activating group) is 1. The van der Waals surface area contributed by atoms with Crippen LogP contribution < -0.4 is 0 Å². The van der Waals surface area contributed by atoms with Crippen molar-refractivity contribution in [1.82, 2.24) is 9.21 Å². The fourth-order valence-corrected chi connectivity index (χ4v) is 4.58. The van der Waals surface area contributed by atoms with E-state index in [2.05, 4.69) is 0 Å². The van der Waals surface area contributed by atoms with Crippen molar-refractivity contribution in [3.8, 4) is 0 Å². The lowest BCUT2D eigenvalue weighted by Gasteiger charge is -2.35. The molecule has 7 heteroatoms. The van der Waals surface area contributed by atoms with Gasteiger partial charge in [-0.1, -0.05) is 17.7 Å². The van der Waals surface area contributed by atoms with Crippen LogP contribution in [0.4, 0.5) is 0 Å². The Hall–Kier alpha value is -0.660. The van der Waals surface area contributed by atoms with Gasteiger partial charge in [0.05, 0.1) is 11.6 Å². The second-order valence-electron chi connectivity index (χ2n) is 5.55. The Morgan fingerprint density at radius 1 is 1.43 bits per heavy atom. The van der Waals surface area contributed by atoms with Gasteiger partial charge in [0.15, 0.2) is 0 Å². The minimum Gasteiger partial charge on any atom is -0.392 e. The molecule has 1 aliphatic heterocycles. The third-order valence-corrected chi connectivity index (χ3v) is 6.23. The molecule has 1 atom stereocenters. The van der Waals surface area contributed by atoms with E-state index in [1.54, 1.807) is 6.07 Å². The summed E-state index contributed by atoms with van der Waals surface area (Å²) in [6.45, 7) is 0.765. The molecule has 5 nitrogen and oxygen atoms in total. The van der Waals surface area contributed by atoms with Gasteiger partial charge in [-0.15, -0.1) is 0 Å². The first-order valence-electron chi connectivity index (χ1n) is 6.92. The zero-order valence-corrected chi connectivity index (χ0v) is 13.9. The van der Waals surface area contributed by atoms with Gasteiger partial charge < -0.3 is 10.0 Å². The van der Waals surface area contributed by atoms with Crippen molar-refractivity contribution in [3.63, 3.8) is 0 Å². The molecule has 1 aromatic rings. The topological polar surface area (TPSA) is 60.9 Å². The highest BCUT2D eigenvalue weighted by Gasteiger charge is 2.32. The van der Waals surface area contributed by atoms with Crippen LogP contribution >= 0.6 is 11.6 Å². The number of aliphatic hydroxyl groups is 1. The molecule has 1 N–H and O–H groups in total. The molecule has 1 unspecified atom stereocenters. The normalized spacial score (nSPS) is 20.9. The predicted molar refractivity (Wildman–Crippen MR) is 82.8 cm³/mol. The Labute approximate surface area is 131 Å². The van der Waals surface area contributed by atoms with Crippen molar-refractivity contribution < 1.29 is 13.5 Å². The molecular formula is C14H21ClN2O3S. The van der Waals surface area contributed by atoms with E-state index < -0.39 is 10.0 Å². The number of sulfonamides is 1. The third kappa shape index (κ3) is 3.57. The summed E-state index contributed by atoms with van der Waals surface area (Å²) in [5.74, 6) is 0. The lowest BCUT2D eigenvalue weighted by molar-refractivity contribution is 0.190. The molecule has 0 spiro atoms. The van der Waals surface area contributed by atoms with Gasteiger partial charge in [0.1, 0.15) is 4.90 Å². The van der Waals surface area contributed by atoms with Crippen molar-refractivity contribution in [1.29, 1.82) is 0 Å². The quantitative estimate of drug-likeness (QED) is 0.908. The van der Waals surface area contributed by atoms with Crippen molar-refractivity contribution in [2.24, 2.45) is 0 Å². The van der Waals surface area contributed by atoms with Gasteiger partial charge in [0, 0.05) is 19.1 Å². The van der Waals surface area contributed by atoms with Crippen LogP contribution in [0.15, 0.2) is 23.1 Å². The van der Waals surface area contributed by atoms with Crippen LogP contribution in [-0.4, -0.2) is 56.0 Å². The van der Waals surface area contributed by atoms with Gasteiger partial charge in [-0.05, 0) is 44.6 Å². The van der Waals surface area contributed by atoms with E-state index in [9.17, 15) is 13.5 Å². The standard InChI is InChI=1S/C14H21ClN2O3S/c1-16(2)12-4-3-7-17(9-12)21(19,20)14-8-11(10-18)5-6-13(14)15/h5-6,8,12,18H,3-4,7,9-10H2,1-2H3. The summed E-state index contributed by atoms with van der Waals surface area (Å²) in [5.41, 5.74) is 0.541. The van der Waals surface area contributed by atoms with Crippen molar-refractivity contribution in [2.45, 2.75) is 30.4 Å². The number of hydrogen-bond donors (Lipinski definition) is 1. The monoisotopic (exact) mass is 332 g/mol. The maximum absolute atomic E-state index is 12.8. The lowest BCUT2D eigenvalue weighted by atomic mass is 10.1. The molecule has 21 heavy (non-hydrogen) atoms. The summed E-state index contributed by atoms with van der Waals surface area (Å²) in [7, 11) is 0.289. The molecule has 1 saturated heterocycles. The van der Waals surface area contributed by atoms with Crippen LogP contribution in [-0.2, 0) is 16.6 Å². The molecule has 2 rings (SSSR count). The van der Waals surface area contributed by atoms with Crippen molar-refractivity contribution in [3.05, 3.63) is 28.8 Å². The highest BCUT2D eigenvalue weighted by molar-refractivity contribution is 7.89. The van der Waals surface area contributed by atoms with Gasteiger partial charge in [-0.25, -0.2) is 8.42 Å². The van der Waals surface area contributed by atoms with E-state index in [4.69, 9.17) is 11.6 Å². The number of halogens is 1. The average Bonchev–Trinajstić information content (AvgIpc) is 2.47. The number of aliphatic hydroxyl groups excluding tert-OH is 1. The summed E-state index contributed by atoms with van der Waals surface area (Å²) in [5, 5.41) is 9.38. The minimum absolute atomic E-state index is 0.0788. The summed E-state index contributed by atoms with van der Waals surface area (Å²) < 4.78 is 27.1.